The van der Waals surface area contributed by atoms with Gasteiger partial charge in [0.25, 0.3) is 0 Å². The molecule has 0 saturated carbocycles. The summed E-state index contributed by atoms with van der Waals surface area (Å²) in [6.07, 6.45) is 35.2. The Balaban J connectivity index is 0.000000451. The Morgan fingerprint density at radius 1 is 0.407 bits per heavy atom. The van der Waals surface area contributed by atoms with Crippen molar-refractivity contribution in [1.82, 2.24) is 0 Å². The Morgan fingerprint density at radius 2 is 0.759 bits per heavy atom. The summed E-state index contributed by atoms with van der Waals surface area (Å²) in [7, 11) is 0. The standard InChI is InChI=1S/C33H46N2.2C9H19.Ni/c1-5-9-13-17-27-19-15-21-29(25-27)33-31(23-12-8-4)30(22-11-7-3)32(35(33)34)28-20-14-18-26(24-28)16-10-6-2;2*1-3-5-7-9-8-6-4-2;/h14-15,18-21,24-25H,5-13,16-17,22-23H2,1-4H3;2*1,3-9H2,2H3;. The first kappa shape index (κ1) is 48.2. The number of unbranched alkanes of at least 4 members (excludes halogenated alkanes) is 17. The van der Waals surface area contributed by atoms with Crippen LogP contribution in [0.4, 0.5) is 0 Å². The van der Waals surface area contributed by atoms with E-state index in [1.54, 1.807) is 4.70 Å². The van der Waals surface area contributed by atoms with Crippen molar-refractivity contribution in [3.63, 3.8) is 0 Å². The molecule has 0 fully saturated rings. The van der Waals surface area contributed by atoms with E-state index in [-0.39, 0.29) is 0 Å². The van der Waals surface area contributed by atoms with Gasteiger partial charge in [0.15, 0.2) is 0 Å². The molecule has 0 saturated heterocycles. The number of aryl methyl sites for hydroxylation is 2. The maximum Gasteiger partial charge on any atom is 0.211 e. The smallest absolute Gasteiger partial charge is 0.211 e. The van der Waals surface area contributed by atoms with Gasteiger partial charge in [0, 0.05) is 22.3 Å². The second kappa shape index (κ2) is 32.1. The third-order valence-corrected chi connectivity index (χ3v) is 12.3. The minimum atomic E-state index is 1.01. The minimum absolute atomic E-state index is 1.01. The van der Waals surface area contributed by atoms with Crippen LogP contribution >= 0.6 is 0 Å². The number of hydrogen-bond acceptors (Lipinski definition) is 0. The molecule has 0 atom stereocenters. The van der Waals surface area contributed by atoms with Crippen LogP contribution in [0.3, 0.4) is 0 Å². The van der Waals surface area contributed by atoms with E-state index < -0.39 is 0 Å². The number of benzene rings is 2. The van der Waals surface area contributed by atoms with Crippen LogP contribution < -0.4 is 0 Å². The second-order valence-electron chi connectivity index (χ2n) is 15.9. The number of hydrogen-bond donors (Lipinski definition) is 0. The SMILES string of the molecule is CCCCCCCC[CH2][Ni][CH2]CCCCCCCC.CCCCCc1cccc(C2=C(CCCC)C(CCCC)=C(c3cccc(CCCC)c3)[N+]2=[N-])c1. The summed E-state index contributed by atoms with van der Waals surface area (Å²) in [6, 6.07) is 17.8. The summed E-state index contributed by atoms with van der Waals surface area (Å²) >= 11 is 2.01. The van der Waals surface area contributed by atoms with E-state index in [1.807, 2.05) is 14.4 Å². The fraction of sp³-hybridized carbons (Fsp3) is 0.686. The monoisotopic (exact) mass is 783 g/mol. The molecule has 3 rings (SSSR count). The molecule has 0 N–H and O–H groups in total. The van der Waals surface area contributed by atoms with Crippen LogP contribution in [-0.4, -0.2) is 4.70 Å². The molecule has 1 aliphatic rings. The first-order chi connectivity index (χ1) is 26.6. The molecule has 0 bridgehead atoms. The molecule has 0 radical (unpaired) electrons. The fourth-order valence-corrected chi connectivity index (χ4v) is 8.74. The Morgan fingerprint density at radius 3 is 1.19 bits per heavy atom. The average Bonchev–Trinajstić information content (AvgIpc) is 3.47. The van der Waals surface area contributed by atoms with Crippen molar-refractivity contribution in [2.75, 3.05) is 0 Å². The predicted molar refractivity (Wildman–Crippen MR) is 237 cm³/mol. The van der Waals surface area contributed by atoms with Crippen molar-refractivity contribution in [1.29, 1.82) is 0 Å². The van der Waals surface area contributed by atoms with E-state index in [0.717, 1.165) is 73.9 Å². The van der Waals surface area contributed by atoms with Gasteiger partial charge in [-0.25, -0.2) is 4.70 Å². The van der Waals surface area contributed by atoms with Gasteiger partial charge in [-0.2, -0.15) is 0 Å². The largest absolute Gasteiger partial charge is 0.493 e. The van der Waals surface area contributed by atoms with Gasteiger partial charge in [-0.3, -0.25) is 0 Å². The van der Waals surface area contributed by atoms with Gasteiger partial charge in [0.05, 0.1) is 0 Å². The molecular formula is C51H84N2Ni. The number of allylic oxidation sites excluding steroid dienone is 2. The summed E-state index contributed by atoms with van der Waals surface area (Å²) in [4.78, 5) is 0. The first-order valence-electron chi connectivity index (χ1n) is 23.1. The van der Waals surface area contributed by atoms with E-state index in [4.69, 9.17) is 0 Å². The van der Waals surface area contributed by atoms with E-state index in [0.29, 0.717) is 0 Å². The quantitative estimate of drug-likeness (QED) is 0.0413. The molecule has 308 valence electrons. The van der Waals surface area contributed by atoms with E-state index in [1.165, 1.54) is 155 Å². The van der Waals surface area contributed by atoms with Crippen LogP contribution in [-0.2, 0) is 27.3 Å². The Hall–Kier alpha value is -1.99. The molecule has 0 amide bonds. The van der Waals surface area contributed by atoms with Gasteiger partial charge in [-0.1, -0.05) is 84.1 Å². The minimum Gasteiger partial charge on any atom is -0.493 e. The van der Waals surface area contributed by atoms with Gasteiger partial charge < -0.3 is 5.53 Å². The number of rotatable bonds is 31. The average molecular weight is 784 g/mol. The third kappa shape index (κ3) is 19.2. The molecule has 3 heteroatoms. The van der Waals surface area contributed by atoms with Crippen LogP contribution in [0.1, 0.15) is 224 Å². The summed E-state index contributed by atoms with van der Waals surface area (Å²) in [6.45, 7) is 13.6. The molecule has 2 aromatic carbocycles. The van der Waals surface area contributed by atoms with Crippen molar-refractivity contribution < 1.29 is 19.1 Å². The zero-order chi connectivity index (χ0) is 39.1. The predicted octanol–water partition coefficient (Wildman–Crippen LogP) is 17.7. The second-order valence-corrected chi connectivity index (χ2v) is 17.3. The summed E-state index contributed by atoms with van der Waals surface area (Å²) in [5.41, 5.74) is 21.5. The third-order valence-electron chi connectivity index (χ3n) is 10.9. The van der Waals surface area contributed by atoms with Gasteiger partial charge in [-0.05, 0) is 86.8 Å². The zero-order valence-electron chi connectivity index (χ0n) is 36.3. The summed E-state index contributed by atoms with van der Waals surface area (Å²) < 4.78 is 1.54. The summed E-state index contributed by atoms with van der Waals surface area (Å²) in [5.74, 6) is 0. The van der Waals surface area contributed by atoms with Gasteiger partial charge >= 0.3 is 129 Å². The van der Waals surface area contributed by atoms with Crippen molar-refractivity contribution >= 4 is 11.4 Å². The van der Waals surface area contributed by atoms with Crippen molar-refractivity contribution in [2.24, 2.45) is 0 Å². The maximum absolute atomic E-state index is 11.8. The van der Waals surface area contributed by atoms with Crippen LogP contribution in [0.25, 0.3) is 16.9 Å². The molecule has 0 aliphatic carbocycles. The van der Waals surface area contributed by atoms with Crippen LogP contribution in [0.5, 0.6) is 0 Å². The van der Waals surface area contributed by atoms with Gasteiger partial charge in [-0.15, -0.1) is 0 Å². The van der Waals surface area contributed by atoms with Gasteiger partial charge in [0.2, 0.25) is 11.4 Å². The first-order valence-corrected chi connectivity index (χ1v) is 24.5. The molecule has 54 heavy (non-hydrogen) atoms. The molecule has 0 aromatic heterocycles. The molecule has 1 aliphatic heterocycles. The van der Waals surface area contributed by atoms with E-state index >= 15 is 0 Å². The van der Waals surface area contributed by atoms with Crippen molar-refractivity contribution in [2.45, 2.75) is 226 Å². The molecule has 2 nitrogen and oxygen atoms in total. The Kier molecular flexibility index (Phi) is 28.7. The Labute approximate surface area is 342 Å². The maximum atomic E-state index is 11.8. The molecule has 1 heterocycles. The normalized spacial score (nSPS) is 13.0. The van der Waals surface area contributed by atoms with E-state index in [9.17, 15) is 5.53 Å². The van der Waals surface area contributed by atoms with Crippen LogP contribution in [0.15, 0.2) is 59.7 Å². The molecular weight excluding hydrogens is 699 g/mol. The van der Waals surface area contributed by atoms with Crippen LogP contribution in [0.2, 0.25) is 10.8 Å². The molecule has 2 aromatic rings. The fourth-order valence-electron chi connectivity index (χ4n) is 7.51. The number of nitrogens with zero attached hydrogens (tertiary/aromatic N) is 2. The topological polar surface area (TPSA) is 25.3 Å². The van der Waals surface area contributed by atoms with E-state index in [2.05, 4.69) is 90.1 Å². The zero-order valence-corrected chi connectivity index (χ0v) is 37.3. The van der Waals surface area contributed by atoms with Crippen molar-refractivity contribution in [3.8, 4) is 0 Å². The summed E-state index contributed by atoms with van der Waals surface area (Å²) in [5, 5.41) is 2.85. The molecule has 0 unspecified atom stereocenters. The molecule has 0 spiro atoms. The van der Waals surface area contributed by atoms with Crippen LogP contribution in [0, 0.1) is 0 Å². The Bertz CT molecular complexity index is 1300. The van der Waals surface area contributed by atoms with Gasteiger partial charge in [0.1, 0.15) is 0 Å². The van der Waals surface area contributed by atoms with Crippen molar-refractivity contribution in [3.05, 3.63) is 87.5 Å².